The van der Waals surface area contributed by atoms with Crippen LogP contribution in [0.3, 0.4) is 0 Å². The maximum atomic E-state index is 9.34. The van der Waals surface area contributed by atoms with Gasteiger partial charge in [-0.2, -0.15) is 0 Å². The van der Waals surface area contributed by atoms with Crippen molar-refractivity contribution < 1.29 is 9.84 Å². The van der Waals surface area contributed by atoms with Crippen LogP contribution < -0.4 is 0 Å². The normalized spacial score (nSPS) is 41.5. The molecule has 0 spiro atoms. The Labute approximate surface area is 79.7 Å². The molecule has 2 saturated heterocycles. The van der Waals surface area contributed by atoms with Crippen molar-refractivity contribution >= 4 is 0 Å². The molecule has 3 nitrogen and oxygen atoms in total. The van der Waals surface area contributed by atoms with Crippen molar-refractivity contribution in [1.82, 2.24) is 4.90 Å². The lowest BCUT2D eigenvalue weighted by Gasteiger charge is -2.19. The van der Waals surface area contributed by atoms with Crippen LogP contribution in [0.15, 0.2) is 0 Å². The number of nitrogens with zero attached hydrogens (tertiary/aromatic N) is 1. The molecule has 13 heavy (non-hydrogen) atoms. The number of β-amino-alcohol motifs (C(OH)–C–C–N with tert-alkyl or cyclic N) is 1. The maximum Gasteiger partial charge on any atom is 0.0706 e. The quantitative estimate of drug-likeness (QED) is 0.684. The van der Waals surface area contributed by atoms with Gasteiger partial charge < -0.3 is 9.84 Å². The van der Waals surface area contributed by atoms with Gasteiger partial charge in [0.15, 0.2) is 0 Å². The number of hydrogen-bond acceptors (Lipinski definition) is 3. The number of ether oxygens (including phenoxy) is 1. The van der Waals surface area contributed by atoms with Gasteiger partial charge in [-0.05, 0) is 26.2 Å². The molecule has 76 valence electrons. The number of rotatable bonds is 2. The zero-order chi connectivity index (χ0) is 9.26. The van der Waals surface area contributed by atoms with Crippen LogP contribution in [0.5, 0.6) is 0 Å². The summed E-state index contributed by atoms with van der Waals surface area (Å²) in [6.45, 7) is 5.03. The first-order valence-corrected chi connectivity index (χ1v) is 5.30. The maximum absolute atomic E-state index is 9.34. The standard InChI is InChI=1S/C10H19NO2/c1-8-2-3-10(13-8)7-11-5-4-9(12)6-11/h8-10,12H,2-7H2,1H3. The van der Waals surface area contributed by atoms with Crippen molar-refractivity contribution in [3.05, 3.63) is 0 Å². The Bertz CT molecular complexity index is 156. The molecule has 3 unspecified atom stereocenters. The minimum Gasteiger partial charge on any atom is -0.392 e. The third-order valence-corrected chi connectivity index (χ3v) is 3.03. The van der Waals surface area contributed by atoms with E-state index in [9.17, 15) is 5.11 Å². The highest BCUT2D eigenvalue weighted by Gasteiger charge is 2.27. The second-order valence-corrected chi connectivity index (χ2v) is 4.35. The minimum atomic E-state index is -0.0983. The molecule has 0 aromatic rings. The Morgan fingerprint density at radius 1 is 1.38 bits per heavy atom. The van der Waals surface area contributed by atoms with Gasteiger partial charge in [0.05, 0.1) is 18.3 Å². The number of aliphatic hydroxyl groups is 1. The zero-order valence-corrected chi connectivity index (χ0v) is 8.28. The third-order valence-electron chi connectivity index (χ3n) is 3.03. The van der Waals surface area contributed by atoms with Gasteiger partial charge >= 0.3 is 0 Å². The Balaban J connectivity index is 1.72. The SMILES string of the molecule is CC1CCC(CN2CCC(O)C2)O1. The van der Waals surface area contributed by atoms with Crippen molar-refractivity contribution in [2.45, 2.75) is 44.5 Å². The molecule has 2 fully saturated rings. The van der Waals surface area contributed by atoms with Crippen LogP contribution in [-0.2, 0) is 4.74 Å². The summed E-state index contributed by atoms with van der Waals surface area (Å²) in [5, 5.41) is 9.34. The highest BCUT2D eigenvalue weighted by atomic mass is 16.5. The summed E-state index contributed by atoms with van der Waals surface area (Å²) in [7, 11) is 0. The molecule has 2 rings (SSSR count). The van der Waals surface area contributed by atoms with Crippen molar-refractivity contribution in [3.8, 4) is 0 Å². The van der Waals surface area contributed by atoms with Crippen LogP contribution in [0.25, 0.3) is 0 Å². The second-order valence-electron chi connectivity index (χ2n) is 4.35. The molecule has 1 N–H and O–H groups in total. The van der Waals surface area contributed by atoms with Crippen molar-refractivity contribution in [1.29, 1.82) is 0 Å². The lowest BCUT2D eigenvalue weighted by Crippen LogP contribution is -2.31. The molecular weight excluding hydrogens is 166 g/mol. The third kappa shape index (κ3) is 2.42. The van der Waals surface area contributed by atoms with Gasteiger partial charge in [0.25, 0.3) is 0 Å². The van der Waals surface area contributed by atoms with Crippen LogP contribution in [0.1, 0.15) is 26.2 Å². The molecule has 2 aliphatic rings. The molecule has 2 heterocycles. The van der Waals surface area contributed by atoms with Crippen LogP contribution in [0.4, 0.5) is 0 Å². The molecule has 0 saturated carbocycles. The topological polar surface area (TPSA) is 32.7 Å². The molecule has 0 aliphatic carbocycles. The molecule has 0 aromatic carbocycles. The van der Waals surface area contributed by atoms with Crippen LogP contribution in [0, 0.1) is 0 Å². The fourth-order valence-electron chi connectivity index (χ4n) is 2.29. The summed E-state index contributed by atoms with van der Waals surface area (Å²) in [4.78, 5) is 2.31. The summed E-state index contributed by atoms with van der Waals surface area (Å²) in [6, 6.07) is 0. The van der Waals surface area contributed by atoms with E-state index in [1.165, 1.54) is 12.8 Å². The van der Waals surface area contributed by atoms with E-state index in [0.29, 0.717) is 12.2 Å². The van der Waals surface area contributed by atoms with Gasteiger partial charge in [-0.25, -0.2) is 0 Å². The molecule has 3 atom stereocenters. The van der Waals surface area contributed by atoms with E-state index in [1.807, 2.05) is 0 Å². The van der Waals surface area contributed by atoms with Gasteiger partial charge in [-0.3, -0.25) is 4.90 Å². The minimum absolute atomic E-state index is 0.0983. The van der Waals surface area contributed by atoms with E-state index in [-0.39, 0.29) is 6.10 Å². The van der Waals surface area contributed by atoms with Crippen molar-refractivity contribution in [2.75, 3.05) is 19.6 Å². The van der Waals surface area contributed by atoms with E-state index in [4.69, 9.17) is 4.74 Å². The average molecular weight is 185 g/mol. The van der Waals surface area contributed by atoms with Crippen LogP contribution >= 0.6 is 0 Å². The van der Waals surface area contributed by atoms with Crippen LogP contribution in [-0.4, -0.2) is 48.0 Å². The first-order chi connectivity index (χ1) is 6.24. The Morgan fingerprint density at radius 3 is 2.77 bits per heavy atom. The molecule has 0 aromatic heterocycles. The first-order valence-electron chi connectivity index (χ1n) is 5.30. The monoisotopic (exact) mass is 185 g/mol. The fraction of sp³-hybridized carbons (Fsp3) is 1.00. The summed E-state index contributed by atoms with van der Waals surface area (Å²) >= 11 is 0. The average Bonchev–Trinajstić information content (AvgIpc) is 2.62. The Kier molecular flexibility index (Phi) is 2.86. The van der Waals surface area contributed by atoms with Gasteiger partial charge in [0, 0.05) is 19.6 Å². The molecule has 3 heteroatoms. The summed E-state index contributed by atoms with van der Waals surface area (Å²) < 4.78 is 5.74. The molecule has 0 amide bonds. The highest BCUT2D eigenvalue weighted by Crippen LogP contribution is 2.21. The summed E-state index contributed by atoms with van der Waals surface area (Å²) in [6.07, 6.45) is 4.08. The second kappa shape index (κ2) is 3.95. The van der Waals surface area contributed by atoms with E-state index >= 15 is 0 Å². The predicted octanol–water partition coefficient (Wildman–Crippen LogP) is 0.620. The van der Waals surface area contributed by atoms with E-state index in [0.717, 1.165) is 26.1 Å². The predicted molar refractivity (Wildman–Crippen MR) is 50.6 cm³/mol. The molecule has 0 radical (unpaired) electrons. The lowest BCUT2D eigenvalue weighted by atomic mass is 10.2. The van der Waals surface area contributed by atoms with Gasteiger partial charge in [-0.1, -0.05) is 0 Å². The first kappa shape index (κ1) is 9.44. The summed E-state index contributed by atoms with van der Waals surface area (Å²) in [5.74, 6) is 0. The fourth-order valence-corrected chi connectivity index (χ4v) is 2.29. The smallest absolute Gasteiger partial charge is 0.0706 e. The van der Waals surface area contributed by atoms with Gasteiger partial charge in [-0.15, -0.1) is 0 Å². The molecule has 2 aliphatic heterocycles. The van der Waals surface area contributed by atoms with Crippen molar-refractivity contribution in [3.63, 3.8) is 0 Å². The largest absolute Gasteiger partial charge is 0.392 e. The Morgan fingerprint density at radius 2 is 2.23 bits per heavy atom. The lowest BCUT2D eigenvalue weighted by molar-refractivity contribution is 0.0337. The van der Waals surface area contributed by atoms with Gasteiger partial charge in [0.2, 0.25) is 0 Å². The number of likely N-dealkylation sites (tertiary alicyclic amines) is 1. The van der Waals surface area contributed by atoms with Gasteiger partial charge in [0.1, 0.15) is 0 Å². The van der Waals surface area contributed by atoms with Crippen molar-refractivity contribution in [2.24, 2.45) is 0 Å². The van der Waals surface area contributed by atoms with Crippen LogP contribution in [0.2, 0.25) is 0 Å². The van der Waals surface area contributed by atoms with E-state index in [2.05, 4.69) is 11.8 Å². The number of aliphatic hydroxyl groups excluding tert-OH is 1. The van der Waals surface area contributed by atoms with E-state index < -0.39 is 0 Å². The number of hydrogen-bond donors (Lipinski definition) is 1. The van der Waals surface area contributed by atoms with E-state index in [1.54, 1.807) is 0 Å². The zero-order valence-electron chi connectivity index (χ0n) is 8.28. The molecular formula is C10H19NO2. The Hall–Kier alpha value is -0.120. The summed E-state index contributed by atoms with van der Waals surface area (Å²) in [5.41, 5.74) is 0. The highest BCUT2D eigenvalue weighted by molar-refractivity contribution is 4.80. The molecule has 0 bridgehead atoms.